The van der Waals surface area contributed by atoms with Gasteiger partial charge in [-0.1, -0.05) is 15.9 Å². The summed E-state index contributed by atoms with van der Waals surface area (Å²) in [5.74, 6) is -1.49. The second-order valence-electron chi connectivity index (χ2n) is 7.83. The van der Waals surface area contributed by atoms with Crippen LogP contribution in [-0.4, -0.2) is 53.4 Å². The third kappa shape index (κ3) is 0.674. The average Bonchev–Trinajstić information content (AvgIpc) is 3.23. The molecule has 6 saturated carbocycles. The summed E-state index contributed by atoms with van der Waals surface area (Å²) in [5, 5.41) is 10.1. The molecule has 1 N–H and O–H groups in total. The molecule has 2 saturated heterocycles. The topological polar surface area (TPSA) is 74.2 Å². The van der Waals surface area contributed by atoms with Crippen LogP contribution in [0.4, 0.5) is 0 Å². The van der Waals surface area contributed by atoms with Crippen LogP contribution in [0.3, 0.4) is 0 Å². The molecule has 2 aliphatic heterocycles. The quantitative estimate of drug-likeness (QED) is 0.675. The van der Waals surface area contributed by atoms with E-state index < -0.39 is 23.0 Å². The number of hydrogen-bond acceptors (Lipinski definition) is 5. The molecule has 0 aromatic heterocycles. The Morgan fingerprint density at radius 1 is 0.818 bits per heavy atom. The fourth-order valence-electron chi connectivity index (χ4n) is 8.27. The molecule has 7 heteroatoms. The van der Waals surface area contributed by atoms with Crippen LogP contribution >= 0.6 is 15.9 Å². The van der Waals surface area contributed by atoms with Crippen LogP contribution < -0.4 is 0 Å². The maximum absolute atomic E-state index is 12.4. The predicted molar refractivity (Wildman–Crippen MR) is 71.9 cm³/mol. The summed E-state index contributed by atoms with van der Waals surface area (Å²) in [6.07, 6.45) is 0. The Morgan fingerprint density at radius 3 is 1.86 bits per heavy atom. The molecule has 0 unspecified atom stereocenters. The van der Waals surface area contributed by atoms with Gasteiger partial charge >= 0.3 is 5.97 Å². The first-order valence-corrected chi connectivity index (χ1v) is 8.86. The summed E-state index contributed by atoms with van der Waals surface area (Å²) in [6.45, 7) is 2.14. The van der Waals surface area contributed by atoms with Gasteiger partial charge in [0, 0.05) is 11.8 Å². The molecule has 0 aromatic rings. The smallest absolute Gasteiger partial charge is 0.315 e. The van der Waals surface area contributed by atoms with Gasteiger partial charge in [0.25, 0.3) is 0 Å². The van der Waals surface area contributed by atoms with Gasteiger partial charge in [-0.3, -0.25) is 4.79 Å². The number of carboxylic acids is 1. The number of rotatable bonds is 1. The minimum absolute atomic E-state index is 0.0422. The molecule has 6 nitrogen and oxygen atoms in total. The highest BCUT2D eigenvalue weighted by Crippen LogP contribution is 3.01. The third-order valence-corrected chi connectivity index (χ3v) is 9.73. The van der Waals surface area contributed by atoms with Crippen molar-refractivity contribution in [2.45, 2.75) is 15.9 Å². The number of hydrogen-bond donors (Lipinski definition) is 1. The van der Waals surface area contributed by atoms with Gasteiger partial charge in [-0.15, -0.1) is 0 Å². The maximum Gasteiger partial charge on any atom is 0.315 e. The highest BCUT2D eigenvalue weighted by atomic mass is 79.9. The van der Waals surface area contributed by atoms with Crippen molar-refractivity contribution in [1.29, 1.82) is 0 Å². The molecule has 2 heterocycles. The molecule has 0 aromatic carbocycles. The molecule has 0 radical (unpaired) electrons. The van der Waals surface area contributed by atoms with E-state index in [0.717, 1.165) is 0 Å². The summed E-state index contributed by atoms with van der Waals surface area (Å²) >= 11 is 3.97. The van der Waals surface area contributed by atoms with E-state index in [0.29, 0.717) is 32.3 Å². The summed E-state index contributed by atoms with van der Waals surface area (Å²) in [6, 6.07) is 0. The van der Waals surface area contributed by atoms with Crippen LogP contribution in [0, 0.1) is 40.9 Å². The first-order valence-electron chi connectivity index (χ1n) is 8.07. The van der Waals surface area contributed by atoms with Crippen molar-refractivity contribution in [3.8, 4) is 0 Å². The van der Waals surface area contributed by atoms with Gasteiger partial charge in [0.1, 0.15) is 5.41 Å². The highest BCUT2D eigenvalue weighted by molar-refractivity contribution is 9.10. The van der Waals surface area contributed by atoms with Crippen molar-refractivity contribution in [3.05, 3.63) is 0 Å². The summed E-state index contributed by atoms with van der Waals surface area (Å²) in [7, 11) is 0. The fourth-order valence-corrected chi connectivity index (χ4v) is 9.90. The normalized spacial score (nSPS) is 65.5. The fraction of sp³-hybridized carbons (Fsp3) is 0.933. The zero-order valence-corrected chi connectivity index (χ0v) is 13.2. The highest BCUT2D eigenvalue weighted by Gasteiger charge is 3.10. The summed E-state index contributed by atoms with van der Waals surface area (Å²) in [4.78, 5) is 12.4. The van der Waals surface area contributed by atoms with Crippen molar-refractivity contribution in [2.75, 3.05) is 26.4 Å². The van der Waals surface area contributed by atoms with E-state index in [1.807, 2.05) is 0 Å². The monoisotopic (exact) mass is 370 g/mol. The van der Waals surface area contributed by atoms with Crippen LogP contribution in [0.2, 0.25) is 0 Å². The Kier molecular flexibility index (Phi) is 1.62. The molecule has 6 aliphatic carbocycles. The molecule has 118 valence electrons. The van der Waals surface area contributed by atoms with Crippen LogP contribution in [-0.2, 0) is 23.7 Å². The Morgan fingerprint density at radius 2 is 1.27 bits per heavy atom. The largest absolute Gasteiger partial charge is 0.481 e. The molecule has 8 rings (SSSR count). The van der Waals surface area contributed by atoms with Gasteiger partial charge in [0.15, 0.2) is 11.6 Å². The summed E-state index contributed by atoms with van der Waals surface area (Å²) in [5.41, 5.74) is -0.885. The first kappa shape index (κ1) is 12.2. The Hall–Kier alpha value is -0.210. The zero-order chi connectivity index (χ0) is 14.7. The number of ether oxygens (including phenoxy) is 4. The molecule has 2 spiro atoms. The van der Waals surface area contributed by atoms with Gasteiger partial charge in [0.05, 0.1) is 30.8 Å². The van der Waals surface area contributed by atoms with Crippen LogP contribution in [0.15, 0.2) is 0 Å². The minimum atomic E-state index is -0.950. The predicted octanol–water partition coefficient (Wildman–Crippen LogP) is 0.442. The lowest BCUT2D eigenvalue weighted by atomic mass is 9.35. The molecule has 4 bridgehead atoms. The maximum atomic E-state index is 12.4. The van der Waals surface area contributed by atoms with Crippen molar-refractivity contribution in [3.63, 3.8) is 0 Å². The van der Waals surface area contributed by atoms with E-state index in [4.69, 9.17) is 18.9 Å². The van der Waals surface area contributed by atoms with E-state index in [2.05, 4.69) is 15.9 Å². The average molecular weight is 371 g/mol. The Labute approximate surface area is 134 Å². The lowest BCUT2D eigenvalue weighted by Gasteiger charge is -2.70. The van der Waals surface area contributed by atoms with Crippen LogP contribution in [0.25, 0.3) is 0 Å². The van der Waals surface area contributed by atoms with Crippen molar-refractivity contribution in [1.82, 2.24) is 0 Å². The molecule has 0 amide bonds. The lowest BCUT2D eigenvalue weighted by molar-refractivity contribution is -0.291. The third-order valence-electron chi connectivity index (χ3n) is 8.12. The Balaban J connectivity index is 1.54. The summed E-state index contributed by atoms with van der Waals surface area (Å²) < 4.78 is 24.2. The lowest BCUT2D eigenvalue weighted by Crippen LogP contribution is -2.77. The number of aliphatic carboxylic acids is 1. The number of alkyl halides is 1. The van der Waals surface area contributed by atoms with E-state index >= 15 is 0 Å². The minimum Gasteiger partial charge on any atom is -0.481 e. The molecular weight excluding hydrogens is 356 g/mol. The van der Waals surface area contributed by atoms with E-state index in [1.54, 1.807) is 0 Å². The van der Waals surface area contributed by atoms with Gasteiger partial charge < -0.3 is 24.1 Å². The van der Waals surface area contributed by atoms with Crippen molar-refractivity contribution >= 4 is 21.9 Å². The van der Waals surface area contributed by atoms with Gasteiger partial charge in [0.2, 0.25) is 0 Å². The molecule has 22 heavy (non-hydrogen) atoms. The van der Waals surface area contributed by atoms with Crippen LogP contribution in [0.5, 0.6) is 0 Å². The first-order chi connectivity index (χ1) is 10.6. The van der Waals surface area contributed by atoms with Crippen LogP contribution in [0.1, 0.15) is 0 Å². The second kappa shape index (κ2) is 2.92. The standard InChI is InChI=1S/C15H15BrO6/c16-13-7-5-8(13)10-9(15(13)21-3-4-22-15)6(7)12(5,11(17)18)14(10)19-1-2-20-14/h5-10H,1-4H2,(H,17,18)/t5-,6-,7-,8+,9+,10-,12-,13-/m1/s1. The molecular formula is C15H15BrO6. The zero-order valence-electron chi connectivity index (χ0n) is 11.7. The van der Waals surface area contributed by atoms with Crippen molar-refractivity contribution < 1.29 is 28.8 Å². The van der Waals surface area contributed by atoms with Gasteiger partial charge in [-0.2, -0.15) is 0 Å². The Bertz CT molecular complexity index is 654. The molecule has 8 atom stereocenters. The molecule has 8 aliphatic rings. The van der Waals surface area contributed by atoms with Gasteiger partial charge in [-0.25, -0.2) is 0 Å². The van der Waals surface area contributed by atoms with Crippen molar-refractivity contribution in [2.24, 2.45) is 40.9 Å². The van der Waals surface area contributed by atoms with Gasteiger partial charge in [-0.05, 0) is 23.7 Å². The van der Waals surface area contributed by atoms with E-state index in [1.165, 1.54) is 0 Å². The second-order valence-corrected chi connectivity index (χ2v) is 9.14. The van der Waals surface area contributed by atoms with E-state index in [-0.39, 0.29) is 33.9 Å². The number of carbonyl (C=O) groups is 1. The number of halogens is 1. The van der Waals surface area contributed by atoms with E-state index in [9.17, 15) is 9.90 Å². The molecule has 8 fully saturated rings. The SMILES string of the molecule is O=C(O)[C@@]12[C@H]3[C@H]4[C@H]([C@@H]5[C@H]1[C@@H]3[C@]4(Br)C51OCCO1)C21OCCO1. The number of carboxylic acid groups (broad SMARTS) is 1.